The number of anilines is 1. The van der Waals surface area contributed by atoms with Crippen LogP contribution in [0.3, 0.4) is 0 Å². The van der Waals surface area contributed by atoms with Crippen LogP contribution < -0.4 is 9.62 Å². The van der Waals surface area contributed by atoms with Gasteiger partial charge in [0.15, 0.2) is 0 Å². The lowest BCUT2D eigenvalue weighted by molar-refractivity contribution is -0.122. The summed E-state index contributed by atoms with van der Waals surface area (Å²) < 4.78 is 28.2. The summed E-state index contributed by atoms with van der Waals surface area (Å²) in [7, 11) is -3.67. The number of nitrogens with zero attached hydrogens (tertiary/aromatic N) is 3. The Labute approximate surface area is 183 Å². The van der Waals surface area contributed by atoms with Crippen LogP contribution in [0.15, 0.2) is 54.9 Å². The summed E-state index contributed by atoms with van der Waals surface area (Å²) in [6.07, 6.45) is 4.70. The number of carbonyl (C=O) groups is 1. The molecule has 1 atom stereocenters. The first-order chi connectivity index (χ1) is 14.6. The highest BCUT2D eigenvalue weighted by atomic mass is 32.2. The molecule has 1 N–H and O–H groups in total. The maximum Gasteiger partial charge on any atom is 0.243 e. The van der Waals surface area contributed by atoms with Gasteiger partial charge in [-0.2, -0.15) is 0 Å². The highest BCUT2D eigenvalue weighted by Gasteiger charge is 2.29. The van der Waals surface area contributed by atoms with Crippen LogP contribution >= 0.6 is 0 Å². The summed E-state index contributed by atoms with van der Waals surface area (Å²) >= 11 is 0. The summed E-state index contributed by atoms with van der Waals surface area (Å²) in [6, 6.07) is 12.3. The van der Waals surface area contributed by atoms with Crippen molar-refractivity contribution in [1.82, 2.24) is 14.9 Å². The number of carbonyl (C=O) groups excluding carboxylic acids is 1. The van der Waals surface area contributed by atoms with Crippen LogP contribution in [0.5, 0.6) is 0 Å². The van der Waals surface area contributed by atoms with Crippen molar-refractivity contribution in [3.63, 3.8) is 0 Å². The third-order valence-corrected chi connectivity index (χ3v) is 6.32. The van der Waals surface area contributed by atoms with Gasteiger partial charge in [0.25, 0.3) is 0 Å². The molecule has 0 fully saturated rings. The molecule has 1 heterocycles. The molecule has 3 rings (SSSR count). The molecule has 0 spiro atoms. The van der Waals surface area contributed by atoms with Crippen LogP contribution in [0.1, 0.15) is 29.4 Å². The predicted molar refractivity (Wildman–Crippen MR) is 123 cm³/mol. The third-order valence-electron chi connectivity index (χ3n) is 5.08. The Hall–Kier alpha value is -3.13. The summed E-state index contributed by atoms with van der Waals surface area (Å²) in [6.45, 7) is 7.57. The Morgan fingerprint density at radius 1 is 1.13 bits per heavy atom. The van der Waals surface area contributed by atoms with Crippen molar-refractivity contribution >= 4 is 21.6 Å². The van der Waals surface area contributed by atoms with Crippen LogP contribution in [-0.2, 0) is 21.4 Å². The second kappa shape index (κ2) is 8.93. The number of nitrogens with one attached hydrogen (secondary N) is 1. The van der Waals surface area contributed by atoms with Crippen molar-refractivity contribution in [2.45, 2.75) is 40.3 Å². The van der Waals surface area contributed by atoms with Gasteiger partial charge in [0.2, 0.25) is 15.9 Å². The first kappa shape index (κ1) is 22.6. The van der Waals surface area contributed by atoms with Gasteiger partial charge in [0.05, 0.1) is 17.6 Å². The van der Waals surface area contributed by atoms with Crippen molar-refractivity contribution in [2.24, 2.45) is 0 Å². The van der Waals surface area contributed by atoms with E-state index in [1.807, 2.05) is 61.9 Å². The van der Waals surface area contributed by atoms with Gasteiger partial charge in [0, 0.05) is 18.9 Å². The number of para-hydroxylation sites is 1. The largest absolute Gasteiger partial charge is 0.350 e. The number of amides is 1. The summed E-state index contributed by atoms with van der Waals surface area (Å²) in [4.78, 5) is 17.2. The van der Waals surface area contributed by atoms with Crippen LogP contribution in [0, 0.1) is 20.8 Å². The van der Waals surface area contributed by atoms with E-state index in [1.165, 1.54) is 4.31 Å². The van der Waals surface area contributed by atoms with E-state index < -0.39 is 16.1 Å². The highest BCUT2D eigenvalue weighted by Crippen LogP contribution is 2.24. The number of aromatic nitrogens is 2. The summed E-state index contributed by atoms with van der Waals surface area (Å²) in [5, 5.41) is 2.89. The summed E-state index contributed by atoms with van der Waals surface area (Å²) in [5.74, 6) is 0.465. The van der Waals surface area contributed by atoms with E-state index in [9.17, 15) is 13.2 Å². The molecular formula is C23H28N4O3S. The Bertz CT molecular complexity index is 1180. The molecule has 7 nitrogen and oxygen atoms in total. The van der Waals surface area contributed by atoms with Crippen LogP contribution in [-0.4, -0.2) is 36.2 Å². The molecule has 1 unspecified atom stereocenters. The molecule has 2 aromatic carbocycles. The van der Waals surface area contributed by atoms with Crippen LogP contribution in [0.25, 0.3) is 5.69 Å². The van der Waals surface area contributed by atoms with Gasteiger partial charge in [-0.25, -0.2) is 13.4 Å². The minimum absolute atomic E-state index is 0.265. The molecule has 0 saturated heterocycles. The zero-order chi connectivity index (χ0) is 22.8. The third kappa shape index (κ3) is 5.14. The topological polar surface area (TPSA) is 84.3 Å². The van der Waals surface area contributed by atoms with Gasteiger partial charge in [0.1, 0.15) is 11.9 Å². The molecule has 8 heteroatoms. The molecule has 1 amide bonds. The predicted octanol–water partition coefficient (Wildman–Crippen LogP) is 3.27. The zero-order valence-corrected chi connectivity index (χ0v) is 19.3. The van der Waals surface area contributed by atoms with Crippen molar-refractivity contribution in [3.05, 3.63) is 77.4 Å². The molecule has 3 aromatic rings. The van der Waals surface area contributed by atoms with E-state index in [2.05, 4.69) is 10.3 Å². The lowest BCUT2D eigenvalue weighted by Gasteiger charge is -2.29. The fourth-order valence-electron chi connectivity index (χ4n) is 3.74. The quantitative estimate of drug-likeness (QED) is 0.611. The maximum absolute atomic E-state index is 13.0. The number of benzene rings is 2. The monoisotopic (exact) mass is 440 g/mol. The minimum Gasteiger partial charge on any atom is -0.350 e. The Balaban J connectivity index is 1.84. The van der Waals surface area contributed by atoms with E-state index in [4.69, 9.17) is 0 Å². The molecular weight excluding hydrogens is 412 g/mol. The number of rotatable bonds is 7. The average Bonchev–Trinajstić information content (AvgIpc) is 3.10. The molecule has 0 saturated carbocycles. The second-order valence-electron chi connectivity index (χ2n) is 7.77. The van der Waals surface area contributed by atoms with Crippen molar-refractivity contribution in [2.75, 3.05) is 10.6 Å². The zero-order valence-electron chi connectivity index (χ0n) is 18.5. The molecule has 31 heavy (non-hydrogen) atoms. The van der Waals surface area contributed by atoms with E-state index >= 15 is 0 Å². The fraction of sp³-hybridized carbons (Fsp3) is 0.304. The van der Waals surface area contributed by atoms with E-state index in [1.54, 1.807) is 25.3 Å². The maximum atomic E-state index is 13.0. The average molecular weight is 441 g/mol. The SMILES string of the molecule is Cc1cc(C)cc(N(C(C)C(=O)NCc2ccccc2-n2ccnc2C)S(C)(=O)=O)c1. The number of hydrogen-bond acceptors (Lipinski definition) is 4. The molecule has 164 valence electrons. The Morgan fingerprint density at radius 3 is 2.35 bits per heavy atom. The lowest BCUT2D eigenvalue weighted by atomic mass is 10.1. The van der Waals surface area contributed by atoms with Gasteiger partial charge in [-0.05, 0) is 62.6 Å². The standard InChI is InChI=1S/C23H28N4O3S/c1-16-12-17(2)14-21(13-16)27(31(5,29)30)18(3)23(28)25-15-20-8-6-7-9-22(20)26-11-10-24-19(26)4/h6-14,18H,15H2,1-5H3,(H,25,28). The molecule has 0 aliphatic heterocycles. The number of sulfonamides is 1. The molecule has 0 aliphatic carbocycles. The lowest BCUT2D eigenvalue weighted by Crippen LogP contribution is -2.47. The Kier molecular flexibility index (Phi) is 6.50. The molecule has 0 bridgehead atoms. The van der Waals surface area contributed by atoms with Crippen LogP contribution in [0.4, 0.5) is 5.69 Å². The summed E-state index contributed by atoms with van der Waals surface area (Å²) in [5.41, 5.74) is 4.17. The van der Waals surface area contributed by atoms with Gasteiger partial charge in [-0.3, -0.25) is 9.10 Å². The van der Waals surface area contributed by atoms with Gasteiger partial charge < -0.3 is 9.88 Å². The normalized spacial score (nSPS) is 12.4. The highest BCUT2D eigenvalue weighted by molar-refractivity contribution is 7.92. The van der Waals surface area contributed by atoms with Crippen molar-refractivity contribution in [1.29, 1.82) is 0 Å². The molecule has 0 aliphatic rings. The van der Waals surface area contributed by atoms with E-state index in [0.717, 1.165) is 34.5 Å². The second-order valence-corrected chi connectivity index (χ2v) is 9.63. The van der Waals surface area contributed by atoms with Gasteiger partial charge in [-0.1, -0.05) is 24.3 Å². The number of hydrogen-bond donors (Lipinski definition) is 1. The molecule has 0 radical (unpaired) electrons. The smallest absolute Gasteiger partial charge is 0.243 e. The number of aryl methyl sites for hydroxylation is 3. The van der Waals surface area contributed by atoms with E-state index in [-0.39, 0.29) is 12.5 Å². The Morgan fingerprint density at radius 2 is 1.77 bits per heavy atom. The molecule has 1 aromatic heterocycles. The van der Waals surface area contributed by atoms with Crippen molar-refractivity contribution in [3.8, 4) is 5.69 Å². The van der Waals surface area contributed by atoms with Crippen molar-refractivity contribution < 1.29 is 13.2 Å². The van der Waals surface area contributed by atoms with Gasteiger partial charge >= 0.3 is 0 Å². The first-order valence-corrected chi connectivity index (χ1v) is 11.9. The number of imidazole rings is 1. The van der Waals surface area contributed by atoms with Crippen LogP contribution in [0.2, 0.25) is 0 Å². The van der Waals surface area contributed by atoms with Gasteiger partial charge in [-0.15, -0.1) is 0 Å². The van der Waals surface area contributed by atoms with E-state index in [0.29, 0.717) is 5.69 Å². The minimum atomic E-state index is -3.67. The first-order valence-electron chi connectivity index (χ1n) is 10.0. The fourth-order valence-corrected chi connectivity index (χ4v) is 4.90.